The fourth-order valence-electron chi connectivity index (χ4n) is 1.27. The molecular formula is C10H7F3O4. The van der Waals surface area contributed by atoms with Crippen LogP contribution in [-0.4, -0.2) is 22.2 Å². The van der Waals surface area contributed by atoms with E-state index in [1.165, 1.54) is 0 Å². The van der Waals surface area contributed by atoms with Crippen molar-refractivity contribution in [3.63, 3.8) is 0 Å². The van der Waals surface area contributed by atoms with Crippen LogP contribution in [0.5, 0.6) is 0 Å². The fourth-order valence-corrected chi connectivity index (χ4v) is 1.27. The average molecular weight is 248 g/mol. The Morgan fingerprint density at radius 1 is 1.18 bits per heavy atom. The van der Waals surface area contributed by atoms with Gasteiger partial charge in [0.05, 0.1) is 17.5 Å². The molecule has 4 nitrogen and oxygen atoms in total. The topological polar surface area (TPSA) is 74.6 Å². The average Bonchev–Trinajstić information content (AvgIpc) is 2.15. The van der Waals surface area contributed by atoms with Crippen molar-refractivity contribution in [3.05, 3.63) is 34.9 Å². The summed E-state index contributed by atoms with van der Waals surface area (Å²) in [7, 11) is 0. The van der Waals surface area contributed by atoms with Crippen molar-refractivity contribution < 1.29 is 33.0 Å². The highest BCUT2D eigenvalue weighted by Crippen LogP contribution is 2.30. The zero-order chi connectivity index (χ0) is 13.2. The summed E-state index contributed by atoms with van der Waals surface area (Å²) in [6.45, 7) is 0. The number of benzene rings is 1. The highest BCUT2D eigenvalue weighted by molar-refractivity contribution is 5.91. The first kappa shape index (κ1) is 13.0. The molecule has 1 aromatic carbocycles. The minimum atomic E-state index is -4.66. The van der Waals surface area contributed by atoms with Crippen LogP contribution >= 0.6 is 0 Å². The minimum absolute atomic E-state index is 0.169. The molecule has 0 aliphatic carbocycles. The molecule has 0 spiro atoms. The van der Waals surface area contributed by atoms with Gasteiger partial charge in [0.2, 0.25) is 0 Å². The van der Waals surface area contributed by atoms with Crippen molar-refractivity contribution in [3.8, 4) is 0 Å². The Hall–Kier alpha value is -2.05. The summed E-state index contributed by atoms with van der Waals surface area (Å²) in [6.07, 6.45) is -5.30. The van der Waals surface area contributed by atoms with Crippen LogP contribution < -0.4 is 0 Å². The maximum atomic E-state index is 12.3. The molecule has 0 fully saturated rings. The second-order valence-electron chi connectivity index (χ2n) is 3.25. The highest BCUT2D eigenvalue weighted by atomic mass is 19.4. The number of hydrogen-bond acceptors (Lipinski definition) is 2. The van der Waals surface area contributed by atoms with Gasteiger partial charge in [-0.25, -0.2) is 4.79 Å². The third kappa shape index (κ3) is 3.20. The lowest BCUT2D eigenvalue weighted by molar-refractivity contribution is -0.137. The lowest BCUT2D eigenvalue weighted by Gasteiger charge is -2.09. The molecule has 0 radical (unpaired) electrons. The number of carboxylic acid groups (broad SMARTS) is 2. The molecule has 1 aromatic rings. The summed E-state index contributed by atoms with van der Waals surface area (Å²) in [6, 6.07) is 1.95. The Balaban J connectivity index is 3.27. The second kappa shape index (κ2) is 4.44. The molecule has 0 heterocycles. The maximum absolute atomic E-state index is 12.3. The molecule has 0 unspecified atom stereocenters. The highest BCUT2D eigenvalue weighted by Gasteiger charge is 2.31. The first-order valence-electron chi connectivity index (χ1n) is 4.37. The molecule has 0 aliphatic heterocycles. The van der Waals surface area contributed by atoms with Gasteiger partial charge in [-0.3, -0.25) is 4.79 Å². The summed E-state index contributed by atoms with van der Waals surface area (Å²) < 4.78 is 36.9. The predicted molar refractivity (Wildman–Crippen MR) is 49.7 cm³/mol. The maximum Gasteiger partial charge on any atom is 0.416 e. The fraction of sp³-hybridized carbons (Fsp3) is 0.200. The van der Waals surface area contributed by atoms with Crippen LogP contribution in [0.2, 0.25) is 0 Å². The van der Waals surface area contributed by atoms with Gasteiger partial charge < -0.3 is 10.2 Å². The molecule has 1 rings (SSSR count). The molecule has 92 valence electrons. The van der Waals surface area contributed by atoms with E-state index in [4.69, 9.17) is 10.2 Å². The summed E-state index contributed by atoms with van der Waals surface area (Å²) in [5, 5.41) is 17.2. The van der Waals surface area contributed by atoms with E-state index in [1.807, 2.05) is 0 Å². The third-order valence-electron chi connectivity index (χ3n) is 2.01. The zero-order valence-corrected chi connectivity index (χ0v) is 8.28. The van der Waals surface area contributed by atoms with E-state index >= 15 is 0 Å². The predicted octanol–water partition coefficient (Wildman–Crippen LogP) is 2.03. The van der Waals surface area contributed by atoms with Gasteiger partial charge in [0.25, 0.3) is 0 Å². The summed E-state index contributed by atoms with van der Waals surface area (Å²) >= 11 is 0. The first-order valence-corrected chi connectivity index (χ1v) is 4.37. The minimum Gasteiger partial charge on any atom is -0.481 e. The van der Waals surface area contributed by atoms with Crippen LogP contribution in [0.15, 0.2) is 18.2 Å². The van der Waals surface area contributed by atoms with Crippen molar-refractivity contribution in [2.45, 2.75) is 12.6 Å². The van der Waals surface area contributed by atoms with Gasteiger partial charge in [-0.2, -0.15) is 13.2 Å². The van der Waals surface area contributed by atoms with Gasteiger partial charge in [0, 0.05) is 0 Å². The molecule has 7 heteroatoms. The summed E-state index contributed by atoms with van der Waals surface area (Å²) in [5.41, 5.74) is -1.94. The molecule has 17 heavy (non-hydrogen) atoms. The Bertz CT molecular complexity index is 465. The van der Waals surface area contributed by atoms with E-state index in [-0.39, 0.29) is 5.56 Å². The molecule has 0 saturated carbocycles. The Labute approximate surface area is 93.3 Å². The van der Waals surface area contributed by atoms with Crippen LogP contribution in [0.4, 0.5) is 13.2 Å². The number of carboxylic acids is 2. The van der Waals surface area contributed by atoms with Crippen LogP contribution in [0.3, 0.4) is 0 Å². The van der Waals surface area contributed by atoms with Gasteiger partial charge in [0.15, 0.2) is 0 Å². The van der Waals surface area contributed by atoms with Crippen molar-refractivity contribution in [2.24, 2.45) is 0 Å². The summed E-state index contributed by atoms with van der Waals surface area (Å²) in [4.78, 5) is 21.1. The lowest BCUT2D eigenvalue weighted by Crippen LogP contribution is -2.12. The summed E-state index contributed by atoms with van der Waals surface area (Å²) in [5.74, 6) is -2.90. The van der Waals surface area contributed by atoms with Crippen LogP contribution in [0.1, 0.15) is 21.5 Å². The number of halogens is 3. The van der Waals surface area contributed by atoms with Gasteiger partial charge in [-0.1, -0.05) is 6.07 Å². The van der Waals surface area contributed by atoms with Crippen molar-refractivity contribution in [2.75, 3.05) is 0 Å². The molecule has 2 N–H and O–H groups in total. The van der Waals surface area contributed by atoms with E-state index < -0.39 is 35.7 Å². The lowest BCUT2D eigenvalue weighted by atomic mass is 10.0. The molecule has 0 saturated heterocycles. The van der Waals surface area contributed by atoms with Crippen LogP contribution in [0, 0.1) is 0 Å². The molecule has 0 atom stereocenters. The van der Waals surface area contributed by atoms with Gasteiger partial charge in [-0.15, -0.1) is 0 Å². The number of carbonyl (C=O) groups is 2. The standard InChI is InChI=1S/C10H7F3O4/c11-10(12,13)6-2-1-5(3-8(14)15)7(4-6)9(16)17/h1-2,4H,3H2,(H,14,15)(H,16,17). The van der Waals surface area contributed by atoms with Crippen molar-refractivity contribution in [1.82, 2.24) is 0 Å². The first-order chi connectivity index (χ1) is 7.71. The van der Waals surface area contributed by atoms with Crippen molar-refractivity contribution >= 4 is 11.9 Å². The van der Waals surface area contributed by atoms with E-state index in [0.29, 0.717) is 12.1 Å². The van der Waals surface area contributed by atoms with Crippen LogP contribution in [-0.2, 0) is 17.4 Å². The molecule has 0 amide bonds. The third-order valence-corrected chi connectivity index (χ3v) is 2.01. The Morgan fingerprint density at radius 3 is 2.18 bits per heavy atom. The normalized spacial score (nSPS) is 11.2. The molecule has 0 aromatic heterocycles. The number of aliphatic carboxylic acids is 1. The largest absolute Gasteiger partial charge is 0.481 e. The van der Waals surface area contributed by atoms with Gasteiger partial charge in [0.1, 0.15) is 0 Å². The number of rotatable bonds is 3. The zero-order valence-electron chi connectivity index (χ0n) is 8.28. The van der Waals surface area contributed by atoms with E-state index in [2.05, 4.69) is 0 Å². The monoisotopic (exact) mass is 248 g/mol. The van der Waals surface area contributed by atoms with E-state index in [1.54, 1.807) is 0 Å². The van der Waals surface area contributed by atoms with Crippen LogP contribution in [0.25, 0.3) is 0 Å². The number of aromatic carboxylic acids is 1. The van der Waals surface area contributed by atoms with E-state index in [9.17, 15) is 22.8 Å². The van der Waals surface area contributed by atoms with Gasteiger partial charge in [-0.05, 0) is 17.7 Å². The second-order valence-corrected chi connectivity index (χ2v) is 3.25. The molecule has 0 aliphatic rings. The quantitative estimate of drug-likeness (QED) is 0.858. The number of alkyl halides is 3. The smallest absolute Gasteiger partial charge is 0.416 e. The SMILES string of the molecule is O=C(O)Cc1ccc(C(F)(F)F)cc1C(=O)O. The van der Waals surface area contributed by atoms with E-state index in [0.717, 1.165) is 6.07 Å². The Kier molecular flexibility index (Phi) is 3.40. The van der Waals surface area contributed by atoms with Crippen molar-refractivity contribution in [1.29, 1.82) is 0 Å². The Morgan fingerprint density at radius 2 is 1.76 bits per heavy atom. The number of hydrogen-bond donors (Lipinski definition) is 2. The molecular weight excluding hydrogens is 241 g/mol. The molecule has 0 bridgehead atoms. The van der Waals surface area contributed by atoms with Gasteiger partial charge >= 0.3 is 18.1 Å².